The highest BCUT2D eigenvalue weighted by Gasteiger charge is 2.45. The van der Waals surface area contributed by atoms with Crippen molar-refractivity contribution in [2.45, 2.75) is 19.1 Å². The maximum Gasteiger partial charge on any atom is 0.252 e. The van der Waals surface area contributed by atoms with Gasteiger partial charge in [-0.3, -0.25) is 0 Å². The summed E-state index contributed by atoms with van der Waals surface area (Å²) in [6.07, 6.45) is 1.08. The van der Waals surface area contributed by atoms with Gasteiger partial charge in [0.2, 0.25) is 0 Å². The molecule has 1 saturated heterocycles. The van der Waals surface area contributed by atoms with Crippen molar-refractivity contribution >= 4 is 11.6 Å². The zero-order valence-electron chi connectivity index (χ0n) is 9.13. The minimum atomic E-state index is -0.545. The molecule has 2 heterocycles. The molecule has 0 spiro atoms. The molecule has 0 bridgehead atoms. The van der Waals surface area contributed by atoms with Crippen molar-refractivity contribution in [1.82, 2.24) is 5.32 Å². The topological polar surface area (TPSA) is 30.5 Å². The van der Waals surface area contributed by atoms with Crippen molar-refractivity contribution in [3.05, 3.63) is 23.2 Å². The van der Waals surface area contributed by atoms with E-state index in [-0.39, 0.29) is 0 Å². The quantitative estimate of drug-likeness (QED) is 0.817. The van der Waals surface area contributed by atoms with E-state index >= 15 is 0 Å². The first kappa shape index (κ1) is 10.2. The van der Waals surface area contributed by atoms with E-state index in [2.05, 4.69) is 5.32 Å². The van der Waals surface area contributed by atoms with Crippen LogP contribution in [-0.4, -0.2) is 18.9 Å². The van der Waals surface area contributed by atoms with Gasteiger partial charge in [0.25, 0.3) is 5.79 Å². The van der Waals surface area contributed by atoms with Gasteiger partial charge in [-0.25, -0.2) is 0 Å². The number of nitrogens with one attached hydrogen (secondary N) is 1. The van der Waals surface area contributed by atoms with E-state index in [4.69, 9.17) is 21.1 Å². The summed E-state index contributed by atoms with van der Waals surface area (Å²) < 4.78 is 11.8. The first-order valence-electron chi connectivity index (χ1n) is 5.56. The van der Waals surface area contributed by atoms with Crippen LogP contribution in [0.3, 0.4) is 0 Å². The average Bonchev–Trinajstić information content (AvgIpc) is 2.83. The molecule has 1 aromatic carbocycles. The summed E-state index contributed by atoms with van der Waals surface area (Å²) in [4.78, 5) is 0. The molecule has 2 aliphatic heterocycles. The van der Waals surface area contributed by atoms with Crippen LogP contribution < -0.4 is 14.8 Å². The normalized spacial score (nSPS) is 32.0. The Morgan fingerprint density at radius 1 is 1.38 bits per heavy atom. The molecule has 0 saturated carbocycles. The van der Waals surface area contributed by atoms with Gasteiger partial charge < -0.3 is 14.8 Å². The van der Waals surface area contributed by atoms with Crippen molar-refractivity contribution < 1.29 is 9.47 Å². The first-order chi connectivity index (χ1) is 7.67. The highest BCUT2D eigenvalue weighted by Crippen LogP contribution is 2.44. The van der Waals surface area contributed by atoms with Gasteiger partial charge in [-0.2, -0.15) is 0 Å². The van der Waals surface area contributed by atoms with Gasteiger partial charge in [0.1, 0.15) is 0 Å². The number of rotatable bonds is 1. The largest absolute Gasteiger partial charge is 0.448 e. The molecule has 4 heteroatoms. The average molecular weight is 240 g/mol. The first-order valence-corrected chi connectivity index (χ1v) is 5.93. The Morgan fingerprint density at radius 3 is 2.94 bits per heavy atom. The molecule has 2 atom stereocenters. The van der Waals surface area contributed by atoms with Crippen molar-refractivity contribution in [3.8, 4) is 11.5 Å². The third kappa shape index (κ3) is 1.55. The monoisotopic (exact) mass is 239 g/mol. The van der Waals surface area contributed by atoms with Gasteiger partial charge in [0.15, 0.2) is 11.5 Å². The van der Waals surface area contributed by atoms with E-state index in [1.807, 2.05) is 25.1 Å². The predicted octanol–water partition coefficient (Wildman–Crippen LogP) is 2.44. The van der Waals surface area contributed by atoms with Crippen LogP contribution in [0.4, 0.5) is 0 Å². The predicted molar refractivity (Wildman–Crippen MR) is 62.1 cm³/mol. The second-order valence-corrected chi connectivity index (χ2v) is 4.94. The lowest BCUT2D eigenvalue weighted by molar-refractivity contribution is -0.104. The van der Waals surface area contributed by atoms with Crippen molar-refractivity contribution in [2.75, 3.05) is 13.1 Å². The second kappa shape index (κ2) is 3.54. The van der Waals surface area contributed by atoms with Crippen LogP contribution in [-0.2, 0) is 0 Å². The van der Waals surface area contributed by atoms with E-state index in [0.717, 1.165) is 31.0 Å². The van der Waals surface area contributed by atoms with Crippen molar-refractivity contribution in [1.29, 1.82) is 0 Å². The molecule has 2 aliphatic rings. The van der Waals surface area contributed by atoms with Crippen molar-refractivity contribution in [2.24, 2.45) is 5.92 Å². The molecular weight excluding hydrogens is 226 g/mol. The molecule has 0 amide bonds. The summed E-state index contributed by atoms with van der Waals surface area (Å²) in [6.45, 7) is 3.97. The zero-order chi connectivity index (χ0) is 11.2. The lowest BCUT2D eigenvalue weighted by atomic mass is 9.99. The number of ether oxygens (including phenoxy) is 2. The Labute approximate surface area is 99.7 Å². The second-order valence-electron chi connectivity index (χ2n) is 4.50. The number of benzene rings is 1. The summed E-state index contributed by atoms with van der Waals surface area (Å²) in [6, 6.07) is 5.50. The Kier molecular flexibility index (Phi) is 2.26. The Hall–Kier alpha value is -0.930. The molecule has 2 unspecified atom stereocenters. The summed E-state index contributed by atoms with van der Waals surface area (Å²) in [5.41, 5.74) is 0. The summed E-state index contributed by atoms with van der Waals surface area (Å²) >= 11 is 5.93. The zero-order valence-corrected chi connectivity index (χ0v) is 9.88. The van der Waals surface area contributed by atoms with Crippen LogP contribution in [0.5, 0.6) is 11.5 Å². The van der Waals surface area contributed by atoms with Crippen LogP contribution in [0.2, 0.25) is 5.02 Å². The molecule has 1 fully saturated rings. The molecule has 3 rings (SSSR count). The molecule has 3 nitrogen and oxygen atoms in total. The van der Waals surface area contributed by atoms with Crippen LogP contribution in [0.1, 0.15) is 13.3 Å². The minimum Gasteiger partial charge on any atom is -0.448 e. The van der Waals surface area contributed by atoms with Crippen LogP contribution in [0, 0.1) is 5.92 Å². The number of hydrogen-bond acceptors (Lipinski definition) is 3. The van der Waals surface area contributed by atoms with E-state index < -0.39 is 5.79 Å². The molecular formula is C12H14ClNO2. The number of halogens is 1. The summed E-state index contributed by atoms with van der Waals surface area (Å²) in [5, 5.41) is 4.00. The maximum absolute atomic E-state index is 5.93. The van der Waals surface area contributed by atoms with Gasteiger partial charge in [0.05, 0.1) is 0 Å². The lowest BCUT2D eigenvalue weighted by Crippen LogP contribution is -2.44. The van der Waals surface area contributed by atoms with Gasteiger partial charge in [0, 0.05) is 30.5 Å². The summed E-state index contributed by atoms with van der Waals surface area (Å²) in [5.74, 6) is 1.38. The van der Waals surface area contributed by atoms with E-state index in [9.17, 15) is 0 Å². The fourth-order valence-electron chi connectivity index (χ4n) is 2.37. The number of hydrogen-bond donors (Lipinski definition) is 1. The highest BCUT2D eigenvalue weighted by molar-refractivity contribution is 6.30. The van der Waals surface area contributed by atoms with Gasteiger partial charge in [-0.05, 0) is 25.1 Å². The maximum atomic E-state index is 5.93. The molecule has 0 aromatic heterocycles. The Balaban J connectivity index is 1.88. The molecule has 16 heavy (non-hydrogen) atoms. The highest BCUT2D eigenvalue weighted by atomic mass is 35.5. The van der Waals surface area contributed by atoms with Gasteiger partial charge >= 0.3 is 0 Å². The Bertz CT molecular complexity index is 417. The SMILES string of the molecule is CC1(C2CCNC2)Oc2ccc(Cl)cc2O1. The van der Waals surface area contributed by atoms with Crippen molar-refractivity contribution in [3.63, 3.8) is 0 Å². The van der Waals surface area contributed by atoms with E-state index in [1.54, 1.807) is 0 Å². The lowest BCUT2D eigenvalue weighted by Gasteiger charge is -2.28. The smallest absolute Gasteiger partial charge is 0.252 e. The van der Waals surface area contributed by atoms with Crippen LogP contribution in [0.25, 0.3) is 0 Å². The minimum absolute atomic E-state index is 0.388. The molecule has 1 N–H and O–H groups in total. The molecule has 0 radical (unpaired) electrons. The third-order valence-corrected chi connectivity index (χ3v) is 3.57. The molecule has 1 aromatic rings. The fourth-order valence-corrected chi connectivity index (χ4v) is 2.53. The Morgan fingerprint density at radius 2 is 2.19 bits per heavy atom. The van der Waals surface area contributed by atoms with Crippen LogP contribution >= 0.6 is 11.6 Å². The van der Waals surface area contributed by atoms with Gasteiger partial charge in [-0.1, -0.05) is 11.6 Å². The van der Waals surface area contributed by atoms with E-state index in [0.29, 0.717) is 10.9 Å². The van der Waals surface area contributed by atoms with Crippen LogP contribution in [0.15, 0.2) is 18.2 Å². The van der Waals surface area contributed by atoms with E-state index in [1.165, 1.54) is 0 Å². The van der Waals surface area contributed by atoms with Gasteiger partial charge in [-0.15, -0.1) is 0 Å². The standard InChI is InChI=1S/C12H14ClNO2/c1-12(8-4-5-14-7-8)15-10-3-2-9(13)6-11(10)16-12/h2-3,6,8,14H,4-5,7H2,1H3. The fraction of sp³-hybridized carbons (Fsp3) is 0.500. The number of fused-ring (bicyclic) bond motifs is 1. The third-order valence-electron chi connectivity index (χ3n) is 3.33. The molecule has 86 valence electrons. The summed E-state index contributed by atoms with van der Waals surface area (Å²) in [7, 11) is 0. The molecule has 0 aliphatic carbocycles.